The normalized spacial score (nSPS) is 20.1. The molecule has 1 aliphatic carbocycles. The van der Waals surface area contributed by atoms with Crippen LogP contribution < -0.4 is 10.6 Å². The number of rotatable bonds is 5. The van der Waals surface area contributed by atoms with Gasteiger partial charge in [-0.3, -0.25) is 9.79 Å². The zero-order valence-electron chi connectivity index (χ0n) is 16.4. The topological polar surface area (TPSA) is 56.7 Å². The van der Waals surface area contributed by atoms with Gasteiger partial charge in [-0.05, 0) is 42.4 Å². The van der Waals surface area contributed by atoms with Crippen LogP contribution in [0.1, 0.15) is 48.5 Å². The molecule has 146 valence electrons. The summed E-state index contributed by atoms with van der Waals surface area (Å²) in [6.45, 7) is 4.03. The van der Waals surface area contributed by atoms with E-state index >= 15 is 0 Å². The van der Waals surface area contributed by atoms with Gasteiger partial charge in [-0.25, -0.2) is 0 Å². The summed E-state index contributed by atoms with van der Waals surface area (Å²) in [6.07, 6.45) is 5.34. The second-order valence-electron chi connectivity index (χ2n) is 7.34. The van der Waals surface area contributed by atoms with E-state index in [1.54, 1.807) is 26.0 Å². The number of benzene rings is 1. The highest BCUT2D eigenvalue weighted by Gasteiger charge is 2.18. The second kappa shape index (κ2) is 11.4. The van der Waals surface area contributed by atoms with Crippen molar-refractivity contribution in [2.24, 2.45) is 16.8 Å². The van der Waals surface area contributed by atoms with Crippen molar-refractivity contribution in [2.45, 2.75) is 39.2 Å². The van der Waals surface area contributed by atoms with Gasteiger partial charge in [0.05, 0.1) is 0 Å². The number of hydrogen-bond donors (Lipinski definition) is 2. The number of guanidine groups is 1. The number of amides is 1. The highest BCUT2D eigenvalue weighted by atomic mass is 127. The molecule has 1 saturated carbocycles. The van der Waals surface area contributed by atoms with Crippen LogP contribution in [0.2, 0.25) is 0 Å². The lowest BCUT2D eigenvalue weighted by atomic mass is 9.82. The first-order valence-corrected chi connectivity index (χ1v) is 9.24. The molecular formula is C20H33IN4O. The van der Waals surface area contributed by atoms with E-state index in [2.05, 4.69) is 22.5 Å². The summed E-state index contributed by atoms with van der Waals surface area (Å²) in [7, 11) is 5.33. The SMILES string of the molecule is CN=C(NCc1ccc(C(=O)N(C)C)cc1)NCC1CCCC(C)C1.I. The van der Waals surface area contributed by atoms with Gasteiger partial charge in [-0.1, -0.05) is 31.9 Å². The fraction of sp³-hybridized carbons (Fsp3) is 0.600. The van der Waals surface area contributed by atoms with Crippen LogP contribution in [0.5, 0.6) is 0 Å². The molecule has 5 nitrogen and oxygen atoms in total. The zero-order valence-corrected chi connectivity index (χ0v) is 18.7. The third-order valence-corrected chi connectivity index (χ3v) is 4.89. The van der Waals surface area contributed by atoms with E-state index in [1.165, 1.54) is 25.7 Å². The van der Waals surface area contributed by atoms with Gasteiger partial charge in [0.2, 0.25) is 0 Å². The van der Waals surface area contributed by atoms with Crippen molar-refractivity contribution in [3.8, 4) is 0 Å². The maximum absolute atomic E-state index is 11.9. The quantitative estimate of drug-likeness (QED) is 0.392. The van der Waals surface area contributed by atoms with Crippen molar-refractivity contribution in [1.82, 2.24) is 15.5 Å². The Kier molecular flexibility index (Phi) is 9.98. The molecule has 0 aliphatic heterocycles. The molecule has 0 spiro atoms. The van der Waals surface area contributed by atoms with Gasteiger partial charge in [-0.2, -0.15) is 0 Å². The third kappa shape index (κ3) is 7.13. The Morgan fingerprint density at radius 3 is 2.46 bits per heavy atom. The van der Waals surface area contributed by atoms with Crippen molar-refractivity contribution < 1.29 is 4.79 Å². The minimum Gasteiger partial charge on any atom is -0.356 e. The minimum absolute atomic E-state index is 0. The van der Waals surface area contributed by atoms with Crippen LogP contribution >= 0.6 is 24.0 Å². The Morgan fingerprint density at radius 1 is 1.19 bits per heavy atom. The first-order chi connectivity index (χ1) is 12.0. The van der Waals surface area contributed by atoms with Gasteiger partial charge in [0.15, 0.2) is 5.96 Å². The molecule has 0 saturated heterocycles. The number of hydrogen-bond acceptors (Lipinski definition) is 2. The number of aliphatic imine (C=N–C) groups is 1. The largest absolute Gasteiger partial charge is 0.356 e. The van der Waals surface area contributed by atoms with Crippen LogP contribution in [0.3, 0.4) is 0 Å². The van der Waals surface area contributed by atoms with Crippen LogP contribution in [-0.4, -0.2) is 44.5 Å². The van der Waals surface area contributed by atoms with Crippen LogP contribution in [0.25, 0.3) is 0 Å². The van der Waals surface area contributed by atoms with Gasteiger partial charge in [-0.15, -0.1) is 24.0 Å². The number of carbonyl (C=O) groups is 1. The molecule has 0 heterocycles. The Labute approximate surface area is 175 Å². The summed E-state index contributed by atoms with van der Waals surface area (Å²) in [4.78, 5) is 17.8. The molecule has 1 aliphatic rings. The molecule has 0 bridgehead atoms. The summed E-state index contributed by atoms with van der Waals surface area (Å²) in [5, 5.41) is 6.80. The first-order valence-electron chi connectivity index (χ1n) is 9.24. The maximum atomic E-state index is 11.9. The summed E-state index contributed by atoms with van der Waals surface area (Å²) < 4.78 is 0. The van der Waals surface area contributed by atoms with Crippen LogP contribution in [0.4, 0.5) is 0 Å². The molecule has 2 unspecified atom stereocenters. The number of carbonyl (C=O) groups excluding carboxylic acids is 1. The predicted octanol–water partition coefficient (Wildman–Crippen LogP) is 3.50. The third-order valence-electron chi connectivity index (χ3n) is 4.89. The van der Waals surface area contributed by atoms with E-state index in [0.29, 0.717) is 12.1 Å². The summed E-state index contributed by atoms with van der Waals surface area (Å²) in [5.74, 6) is 2.46. The average molecular weight is 472 g/mol. The predicted molar refractivity (Wildman–Crippen MR) is 119 cm³/mol. The Bertz CT molecular complexity index is 586. The average Bonchev–Trinajstić information content (AvgIpc) is 2.61. The summed E-state index contributed by atoms with van der Waals surface area (Å²) >= 11 is 0. The molecular weight excluding hydrogens is 439 g/mol. The van der Waals surface area contributed by atoms with E-state index in [4.69, 9.17) is 0 Å². The smallest absolute Gasteiger partial charge is 0.253 e. The van der Waals surface area contributed by atoms with Crippen molar-refractivity contribution >= 4 is 35.8 Å². The van der Waals surface area contributed by atoms with Gasteiger partial charge in [0.25, 0.3) is 5.91 Å². The zero-order chi connectivity index (χ0) is 18.2. The molecule has 2 atom stereocenters. The molecule has 1 amide bonds. The minimum atomic E-state index is 0. The molecule has 6 heteroatoms. The maximum Gasteiger partial charge on any atom is 0.253 e. The van der Waals surface area contributed by atoms with Crippen LogP contribution in [-0.2, 0) is 6.54 Å². The fourth-order valence-corrected chi connectivity index (χ4v) is 3.42. The molecule has 0 aromatic heterocycles. The monoisotopic (exact) mass is 472 g/mol. The Balaban J connectivity index is 0.00000338. The van der Waals surface area contributed by atoms with Crippen molar-refractivity contribution in [1.29, 1.82) is 0 Å². The van der Waals surface area contributed by atoms with Gasteiger partial charge >= 0.3 is 0 Å². The number of nitrogens with zero attached hydrogens (tertiary/aromatic N) is 2. The fourth-order valence-electron chi connectivity index (χ4n) is 3.42. The molecule has 1 aromatic rings. The number of nitrogens with one attached hydrogen (secondary N) is 2. The van der Waals surface area contributed by atoms with Crippen LogP contribution in [0.15, 0.2) is 29.3 Å². The van der Waals surface area contributed by atoms with Crippen molar-refractivity contribution in [3.63, 3.8) is 0 Å². The molecule has 2 rings (SSSR count). The van der Waals surface area contributed by atoms with Crippen molar-refractivity contribution in [2.75, 3.05) is 27.7 Å². The van der Waals surface area contributed by atoms with Gasteiger partial charge in [0.1, 0.15) is 0 Å². The standard InChI is InChI=1S/C20H32N4O.HI/c1-15-6-5-7-17(12-15)14-23-20(21-2)22-13-16-8-10-18(11-9-16)19(25)24(3)4;/h8-11,15,17H,5-7,12-14H2,1-4H3,(H2,21,22,23);1H. The Hall–Kier alpha value is -1.31. The van der Waals surface area contributed by atoms with Gasteiger partial charge < -0.3 is 15.5 Å². The first kappa shape index (κ1) is 22.7. The summed E-state index contributed by atoms with van der Waals surface area (Å²) in [5.41, 5.74) is 1.84. The van der Waals surface area contributed by atoms with Crippen molar-refractivity contribution in [3.05, 3.63) is 35.4 Å². The Morgan fingerprint density at radius 2 is 1.88 bits per heavy atom. The highest BCUT2D eigenvalue weighted by molar-refractivity contribution is 14.0. The highest BCUT2D eigenvalue weighted by Crippen LogP contribution is 2.27. The molecule has 1 fully saturated rings. The lowest BCUT2D eigenvalue weighted by Crippen LogP contribution is -2.40. The van der Waals surface area contributed by atoms with E-state index in [-0.39, 0.29) is 29.9 Å². The van der Waals surface area contributed by atoms with E-state index in [1.807, 2.05) is 24.3 Å². The molecule has 1 aromatic carbocycles. The second-order valence-corrected chi connectivity index (χ2v) is 7.34. The lowest BCUT2D eigenvalue weighted by Gasteiger charge is -2.27. The van der Waals surface area contributed by atoms with E-state index < -0.39 is 0 Å². The molecule has 2 N–H and O–H groups in total. The summed E-state index contributed by atoms with van der Waals surface area (Å²) in [6, 6.07) is 7.72. The van der Waals surface area contributed by atoms with Crippen LogP contribution in [0, 0.1) is 11.8 Å². The lowest BCUT2D eigenvalue weighted by molar-refractivity contribution is 0.0827. The molecule has 26 heavy (non-hydrogen) atoms. The molecule has 0 radical (unpaired) electrons. The van der Waals surface area contributed by atoms with E-state index in [9.17, 15) is 4.79 Å². The number of halogens is 1. The van der Waals surface area contributed by atoms with E-state index in [0.717, 1.165) is 29.9 Å². The van der Waals surface area contributed by atoms with Gasteiger partial charge in [0, 0.05) is 39.8 Å².